The maximum Gasteiger partial charge on any atom is 0.288 e. The van der Waals surface area contributed by atoms with E-state index in [9.17, 15) is 14.5 Å². The Balaban J connectivity index is 1.83. The molecule has 0 unspecified atom stereocenters. The average Bonchev–Trinajstić information content (AvgIpc) is 2.54. The second-order valence-electron chi connectivity index (χ2n) is 5.11. The molecule has 2 aromatic carbocycles. The molecule has 0 aliphatic carbocycles. The molecule has 3 aromatic rings. The SMILES string of the molecule is O=[N+]([O-])c1cc2c(NCCc3cccc(F)c3)ncnc2cc1Cl. The predicted molar refractivity (Wildman–Crippen MR) is 89.8 cm³/mol. The molecule has 3 rings (SSSR count). The molecule has 0 saturated heterocycles. The van der Waals surface area contributed by atoms with Gasteiger partial charge in [-0.25, -0.2) is 14.4 Å². The van der Waals surface area contributed by atoms with E-state index in [1.54, 1.807) is 6.07 Å². The predicted octanol–water partition coefficient (Wildman–Crippen LogP) is 3.99. The average molecular weight is 347 g/mol. The van der Waals surface area contributed by atoms with Gasteiger partial charge in [0.2, 0.25) is 0 Å². The minimum atomic E-state index is -0.550. The van der Waals surface area contributed by atoms with E-state index in [1.165, 1.54) is 30.6 Å². The summed E-state index contributed by atoms with van der Waals surface area (Å²) in [5.74, 6) is 0.182. The molecular weight excluding hydrogens is 335 g/mol. The van der Waals surface area contributed by atoms with E-state index >= 15 is 0 Å². The molecular formula is C16H12ClFN4O2. The van der Waals surface area contributed by atoms with Crippen molar-refractivity contribution in [3.05, 3.63) is 69.2 Å². The van der Waals surface area contributed by atoms with Crippen LogP contribution >= 0.6 is 11.6 Å². The van der Waals surface area contributed by atoms with Crippen molar-refractivity contribution in [1.29, 1.82) is 0 Å². The number of hydrogen-bond acceptors (Lipinski definition) is 5. The second kappa shape index (κ2) is 6.76. The number of nitro benzene ring substituents is 1. The van der Waals surface area contributed by atoms with Crippen molar-refractivity contribution in [2.75, 3.05) is 11.9 Å². The lowest BCUT2D eigenvalue weighted by molar-refractivity contribution is -0.384. The number of rotatable bonds is 5. The number of nitro groups is 1. The zero-order chi connectivity index (χ0) is 17.1. The lowest BCUT2D eigenvalue weighted by Gasteiger charge is -2.09. The molecule has 0 radical (unpaired) electrons. The smallest absolute Gasteiger partial charge is 0.288 e. The summed E-state index contributed by atoms with van der Waals surface area (Å²) in [6, 6.07) is 9.11. The molecule has 1 aromatic heterocycles. The van der Waals surface area contributed by atoms with Crippen molar-refractivity contribution in [2.45, 2.75) is 6.42 Å². The number of hydrogen-bond donors (Lipinski definition) is 1. The van der Waals surface area contributed by atoms with Crippen LogP contribution in [-0.4, -0.2) is 21.4 Å². The Kier molecular flexibility index (Phi) is 4.52. The largest absolute Gasteiger partial charge is 0.369 e. The monoisotopic (exact) mass is 346 g/mol. The first-order valence-corrected chi connectivity index (χ1v) is 7.49. The van der Waals surface area contributed by atoms with Crippen LogP contribution in [0, 0.1) is 15.9 Å². The third kappa shape index (κ3) is 3.41. The molecule has 0 aliphatic heterocycles. The second-order valence-corrected chi connectivity index (χ2v) is 5.51. The molecule has 24 heavy (non-hydrogen) atoms. The highest BCUT2D eigenvalue weighted by Gasteiger charge is 2.16. The molecule has 122 valence electrons. The van der Waals surface area contributed by atoms with Crippen molar-refractivity contribution in [3.63, 3.8) is 0 Å². The van der Waals surface area contributed by atoms with Gasteiger partial charge in [-0.05, 0) is 30.2 Å². The van der Waals surface area contributed by atoms with E-state index in [4.69, 9.17) is 11.6 Å². The first kappa shape index (κ1) is 16.1. The van der Waals surface area contributed by atoms with Crippen molar-refractivity contribution in [3.8, 4) is 0 Å². The topological polar surface area (TPSA) is 81.0 Å². The van der Waals surface area contributed by atoms with E-state index in [2.05, 4.69) is 15.3 Å². The van der Waals surface area contributed by atoms with Crippen molar-refractivity contribution in [1.82, 2.24) is 9.97 Å². The Hall–Kier alpha value is -2.80. The summed E-state index contributed by atoms with van der Waals surface area (Å²) in [6.07, 6.45) is 1.94. The Morgan fingerprint density at radius 1 is 1.25 bits per heavy atom. The minimum absolute atomic E-state index is 0.0249. The summed E-state index contributed by atoms with van der Waals surface area (Å²) in [5.41, 5.74) is 1.15. The van der Waals surface area contributed by atoms with Gasteiger partial charge in [0.1, 0.15) is 23.0 Å². The molecule has 0 saturated carbocycles. The van der Waals surface area contributed by atoms with Crippen LogP contribution in [0.4, 0.5) is 15.9 Å². The Morgan fingerprint density at radius 3 is 2.83 bits per heavy atom. The van der Waals surface area contributed by atoms with Crippen molar-refractivity contribution >= 4 is 34.0 Å². The Labute approximate surface area is 141 Å². The van der Waals surface area contributed by atoms with Crippen LogP contribution < -0.4 is 5.32 Å². The molecule has 0 atom stereocenters. The highest BCUT2D eigenvalue weighted by atomic mass is 35.5. The van der Waals surface area contributed by atoms with Crippen LogP contribution in [-0.2, 0) is 6.42 Å². The van der Waals surface area contributed by atoms with E-state index in [-0.39, 0.29) is 16.5 Å². The number of benzene rings is 2. The third-order valence-electron chi connectivity index (χ3n) is 3.50. The van der Waals surface area contributed by atoms with Gasteiger partial charge in [-0.15, -0.1) is 0 Å². The van der Waals surface area contributed by atoms with Gasteiger partial charge < -0.3 is 5.32 Å². The number of nitrogens with zero attached hydrogens (tertiary/aromatic N) is 3. The zero-order valence-electron chi connectivity index (χ0n) is 12.4. The summed E-state index contributed by atoms with van der Waals surface area (Å²) in [6.45, 7) is 0.492. The molecule has 1 N–H and O–H groups in total. The van der Waals surface area contributed by atoms with Gasteiger partial charge in [-0.3, -0.25) is 10.1 Å². The molecule has 6 nitrogen and oxygen atoms in total. The van der Waals surface area contributed by atoms with Gasteiger partial charge >= 0.3 is 0 Å². The normalized spacial score (nSPS) is 10.8. The van der Waals surface area contributed by atoms with Crippen molar-refractivity contribution < 1.29 is 9.31 Å². The van der Waals surface area contributed by atoms with Crippen LogP contribution in [0.1, 0.15) is 5.56 Å². The summed E-state index contributed by atoms with van der Waals surface area (Å²) < 4.78 is 13.2. The quantitative estimate of drug-likeness (QED) is 0.558. The maximum atomic E-state index is 13.2. The molecule has 1 heterocycles. The summed E-state index contributed by atoms with van der Waals surface area (Å²) >= 11 is 5.89. The summed E-state index contributed by atoms with van der Waals surface area (Å²) in [7, 11) is 0. The fourth-order valence-corrected chi connectivity index (χ4v) is 2.59. The number of halogens is 2. The fourth-order valence-electron chi connectivity index (χ4n) is 2.36. The van der Waals surface area contributed by atoms with E-state index < -0.39 is 4.92 Å². The van der Waals surface area contributed by atoms with Gasteiger partial charge in [0, 0.05) is 18.0 Å². The van der Waals surface area contributed by atoms with Crippen LogP contribution in [0.3, 0.4) is 0 Å². The number of aromatic nitrogens is 2. The fraction of sp³-hybridized carbons (Fsp3) is 0.125. The number of fused-ring (bicyclic) bond motifs is 1. The minimum Gasteiger partial charge on any atom is -0.369 e. The standard InChI is InChI=1S/C16H12ClFN4O2/c17-13-8-14-12(7-15(13)22(23)24)16(21-9-20-14)19-5-4-10-2-1-3-11(18)6-10/h1-3,6-9H,4-5H2,(H,19,20,21). The van der Waals surface area contributed by atoms with Crippen LogP contribution in [0.5, 0.6) is 0 Å². The Bertz CT molecular complexity index is 920. The zero-order valence-corrected chi connectivity index (χ0v) is 13.1. The van der Waals surface area contributed by atoms with Crippen LogP contribution in [0.2, 0.25) is 5.02 Å². The van der Waals surface area contributed by atoms with Crippen molar-refractivity contribution in [2.24, 2.45) is 0 Å². The van der Waals surface area contributed by atoms with Crippen LogP contribution in [0.15, 0.2) is 42.7 Å². The van der Waals surface area contributed by atoms with Gasteiger partial charge in [-0.2, -0.15) is 0 Å². The Morgan fingerprint density at radius 2 is 2.08 bits per heavy atom. The van der Waals surface area contributed by atoms with Gasteiger partial charge in [0.15, 0.2) is 0 Å². The maximum absolute atomic E-state index is 13.2. The molecule has 0 fully saturated rings. The lowest BCUT2D eigenvalue weighted by Crippen LogP contribution is -2.07. The van der Waals surface area contributed by atoms with E-state index in [0.717, 1.165) is 5.56 Å². The van der Waals surface area contributed by atoms with E-state index in [0.29, 0.717) is 29.7 Å². The van der Waals surface area contributed by atoms with E-state index in [1.807, 2.05) is 6.07 Å². The highest BCUT2D eigenvalue weighted by molar-refractivity contribution is 6.33. The lowest BCUT2D eigenvalue weighted by atomic mass is 10.1. The van der Waals surface area contributed by atoms with Crippen LogP contribution in [0.25, 0.3) is 10.9 Å². The highest BCUT2D eigenvalue weighted by Crippen LogP contribution is 2.31. The first-order chi connectivity index (χ1) is 11.5. The molecule has 0 spiro atoms. The molecule has 0 bridgehead atoms. The molecule has 0 aliphatic rings. The van der Waals surface area contributed by atoms with Gasteiger partial charge in [-0.1, -0.05) is 23.7 Å². The van der Waals surface area contributed by atoms with Gasteiger partial charge in [0.05, 0.1) is 10.4 Å². The number of nitrogens with one attached hydrogen (secondary N) is 1. The summed E-state index contributed by atoms with van der Waals surface area (Å²) in [5, 5.41) is 14.7. The third-order valence-corrected chi connectivity index (χ3v) is 3.80. The molecule has 8 heteroatoms. The number of anilines is 1. The first-order valence-electron chi connectivity index (χ1n) is 7.11. The summed E-state index contributed by atoms with van der Waals surface area (Å²) in [4.78, 5) is 18.7. The van der Waals surface area contributed by atoms with Gasteiger partial charge in [0.25, 0.3) is 5.69 Å². The molecule has 0 amide bonds.